The van der Waals surface area contributed by atoms with Crippen molar-refractivity contribution in [3.8, 4) is 0 Å². The molecule has 0 unspecified atom stereocenters. The van der Waals surface area contributed by atoms with Gasteiger partial charge in [-0.25, -0.2) is 0 Å². The summed E-state index contributed by atoms with van der Waals surface area (Å²) in [6, 6.07) is 0. The smallest absolute Gasteiger partial charge is 0.189 e. The number of aliphatic hydroxyl groups is 5. The molecule has 0 spiro atoms. The fourth-order valence-corrected chi connectivity index (χ4v) is 0.426. The zero-order valence-electron chi connectivity index (χ0n) is 9.93. The molecule has 0 bridgehead atoms. The molecule has 0 aromatic carbocycles. The zero-order valence-corrected chi connectivity index (χ0v) is 5.93. The van der Waals surface area contributed by atoms with E-state index in [4.69, 9.17) is 25.9 Å². The molecule has 0 rings (SSSR count). The number of carbonyl (C=O) groups excluding carboxylic acids is 1. The van der Waals surface area contributed by atoms with Crippen LogP contribution in [0.5, 0.6) is 0 Å². The zero-order chi connectivity index (χ0) is 13.4. The lowest BCUT2D eigenvalue weighted by Crippen LogP contribution is -2.44. The topological polar surface area (TPSA) is 118 Å². The van der Waals surface area contributed by atoms with Gasteiger partial charge < -0.3 is 25.5 Å². The highest BCUT2D eigenvalue weighted by molar-refractivity contribution is 5.84. The fraction of sp³-hybridized carbons (Fsp3) is 0.833. The van der Waals surface area contributed by atoms with Crippen LogP contribution in [0.2, 0.25) is 0 Å². The predicted molar refractivity (Wildman–Crippen MR) is 37.2 cm³/mol. The van der Waals surface area contributed by atoms with Crippen LogP contribution in [0.25, 0.3) is 0 Å². The van der Waals surface area contributed by atoms with Crippen LogP contribution >= 0.6 is 0 Å². The van der Waals surface area contributed by atoms with Gasteiger partial charge in [0, 0.05) is 0 Å². The predicted octanol–water partition coefficient (Wildman–Crippen LogP) is -3.38. The quantitative estimate of drug-likeness (QED) is 0.304. The highest BCUT2D eigenvalue weighted by Crippen LogP contribution is 2.00. The molecule has 12 heavy (non-hydrogen) atoms. The van der Waals surface area contributed by atoms with Crippen molar-refractivity contribution >= 4 is 5.78 Å². The number of carbonyl (C=O) groups is 1. The van der Waals surface area contributed by atoms with E-state index in [2.05, 4.69) is 0 Å². The van der Waals surface area contributed by atoms with E-state index in [1.807, 2.05) is 0 Å². The van der Waals surface area contributed by atoms with Crippen LogP contribution in [0.4, 0.5) is 0 Å². The average molecular weight is 184 g/mol. The first-order valence-electron chi connectivity index (χ1n) is 4.88. The first-order valence-corrected chi connectivity index (χ1v) is 2.88. The van der Waals surface area contributed by atoms with Gasteiger partial charge >= 0.3 is 0 Å². The molecule has 0 saturated carbocycles. The molecule has 0 radical (unpaired) electrons. The van der Waals surface area contributed by atoms with Crippen molar-refractivity contribution in [2.24, 2.45) is 0 Å². The lowest BCUT2D eigenvalue weighted by Gasteiger charge is -2.19. The van der Waals surface area contributed by atoms with Gasteiger partial charge in [0.05, 0.1) is 12.0 Å². The van der Waals surface area contributed by atoms with Crippen molar-refractivity contribution in [2.45, 2.75) is 18.3 Å². The summed E-state index contributed by atoms with van der Waals surface area (Å²) in [7, 11) is 0. The second-order valence-corrected chi connectivity index (χ2v) is 1.87. The van der Waals surface area contributed by atoms with E-state index in [0.29, 0.717) is 0 Å². The molecule has 72 valence electrons. The van der Waals surface area contributed by atoms with E-state index in [1.165, 1.54) is 0 Å². The van der Waals surface area contributed by atoms with Crippen LogP contribution in [-0.4, -0.2) is 62.7 Å². The Hall–Kier alpha value is -0.530. The number of ketones is 1. The maximum Gasteiger partial charge on any atom is 0.189 e. The molecule has 0 aliphatic heterocycles. The number of rotatable bonds is 5. The van der Waals surface area contributed by atoms with Gasteiger partial charge in [-0.1, -0.05) is 0 Å². The van der Waals surface area contributed by atoms with Crippen LogP contribution < -0.4 is 0 Å². The van der Waals surface area contributed by atoms with Crippen molar-refractivity contribution < 1.29 is 35.8 Å². The second-order valence-electron chi connectivity index (χ2n) is 1.87. The molecular weight excluding hydrogens is 168 g/mol. The van der Waals surface area contributed by atoms with Gasteiger partial charge in [-0.2, -0.15) is 0 Å². The van der Waals surface area contributed by atoms with Gasteiger partial charge in [0.15, 0.2) is 5.78 Å². The summed E-state index contributed by atoms with van der Waals surface area (Å²) in [5.74, 6) is -1.51. The lowest BCUT2D eigenvalue weighted by molar-refractivity contribution is -0.142. The molecule has 0 aliphatic rings. The number of Topliss-reactive ketones (excluding diaryl/α,β-unsaturated/α-hetero) is 1. The number of hydrogen-bond donors (Lipinski definition) is 5. The molecular formula is C6H12O6. The third-order valence-electron chi connectivity index (χ3n) is 1.07. The number of aliphatic hydroxyl groups excluding tert-OH is 2. The first-order chi connectivity index (χ1) is 6.89. The van der Waals surface area contributed by atoms with Gasteiger partial charge in [0.2, 0.25) is 0 Å². The van der Waals surface area contributed by atoms with Crippen LogP contribution in [-0.2, 0) is 4.79 Å². The monoisotopic (exact) mass is 184 g/mol. The Bertz CT molecular complexity index is 273. The molecule has 5 N–H and O–H groups in total. The van der Waals surface area contributed by atoms with E-state index >= 15 is 0 Å². The molecule has 6 nitrogen and oxygen atoms in total. The highest BCUT2D eigenvalue weighted by atomic mass is 16.4. The minimum atomic E-state index is -3.88. The average Bonchev–Trinajstić information content (AvgIpc) is 2.13. The van der Waals surface area contributed by atoms with E-state index in [9.17, 15) is 9.90 Å². The minimum Gasteiger partial charge on any atom is -0.394 e. The van der Waals surface area contributed by atoms with Crippen molar-refractivity contribution in [3.05, 3.63) is 0 Å². The van der Waals surface area contributed by atoms with E-state index in [0.717, 1.165) is 0 Å². The lowest BCUT2D eigenvalue weighted by atomic mass is 10.1. The van der Waals surface area contributed by atoms with Crippen molar-refractivity contribution in [1.82, 2.24) is 0 Å². The Morgan fingerprint density at radius 2 is 1.92 bits per heavy atom. The molecule has 0 aromatic heterocycles. The standard InChI is InChI=1S/C6H12O6/c7-1-3(9)5(11)6(12)4(10)2-8/h3,5-9,11-12H,1-2H2/t3-,5-,6-/m1/s1/i1D2,3D,5D. The summed E-state index contributed by atoms with van der Waals surface area (Å²) in [5.41, 5.74) is 0. The van der Waals surface area contributed by atoms with Crippen molar-refractivity contribution in [3.63, 3.8) is 0 Å². The normalized spacial score (nSPS) is 29.8. The molecule has 0 heterocycles. The largest absolute Gasteiger partial charge is 0.394 e. The third kappa shape index (κ3) is 2.84. The first kappa shape index (κ1) is 6.01. The van der Waals surface area contributed by atoms with Crippen LogP contribution in [0, 0.1) is 0 Å². The molecule has 0 saturated heterocycles. The van der Waals surface area contributed by atoms with Crippen LogP contribution in [0.3, 0.4) is 0 Å². The Balaban J connectivity index is 5.27. The Morgan fingerprint density at radius 3 is 2.25 bits per heavy atom. The fourth-order valence-electron chi connectivity index (χ4n) is 0.426. The summed E-state index contributed by atoms with van der Waals surface area (Å²) >= 11 is 0. The third-order valence-corrected chi connectivity index (χ3v) is 1.07. The second kappa shape index (κ2) is 5.18. The van der Waals surface area contributed by atoms with Crippen LogP contribution in [0.1, 0.15) is 5.48 Å². The maximum atomic E-state index is 10.8. The van der Waals surface area contributed by atoms with Crippen molar-refractivity contribution in [1.29, 1.82) is 0 Å². The van der Waals surface area contributed by atoms with E-state index < -0.39 is 37.2 Å². The molecule has 6 heteroatoms. The summed E-state index contributed by atoms with van der Waals surface area (Å²) in [5, 5.41) is 44.4. The molecule has 0 aliphatic carbocycles. The minimum absolute atomic E-state index is 1.28. The summed E-state index contributed by atoms with van der Waals surface area (Å²) in [4.78, 5) is 10.8. The summed E-state index contributed by atoms with van der Waals surface area (Å²) < 4.78 is 27.0. The molecule has 0 aromatic rings. The molecule has 0 fully saturated rings. The Kier molecular flexibility index (Phi) is 2.59. The van der Waals surface area contributed by atoms with Crippen molar-refractivity contribution in [2.75, 3.05) is 13.2 Å². The maximum absolute atomic E-state index is 10.8. The van der Waals surface area contributed by atoms with Crippen LogP contribution in [0.15, 0.2) is 0 Å². The molecule has 3 atom stereocenters. The van der Waals surface area contributed by atoms with Gasteiger partial charge in [-0.15, -0.1) is 0 Å². The van der Waals surface area contributed by atoms with E-state index in [1.54, 1.807) is 0 Å². The SMILES string of the molecule is [2H]C([2H])(O)[C@@]([2H])(O)[C@@]([2H])(O)[C@H](O)C(=O)CO. The summed E-state index contributed by atoms with van der Waals surface area (Å²) in [6.07, 6.45) is -10.4. The van der Waals surface area contributed by atoms with Gasteiger partial charge in [-0.05, 0) is 0 Å². The molecule has 0 amide bonds. The highest BCUT2D eigenvalue weighted by Gasteiger charge is 2.28. The van der Waals surface area contributed by atoms with Gasteiger partial charge in [-0.3, -0.25) is 4.79 Å². The number of hydrogen-bond acceptors (Lipinski definition) is 6. The van der Waals surface area contributed by atoms with Gasteiger partial charge in [0.25, 0.3) is 0 Å². The summed E-state index contributed by atoms with van der Waals surface area (Å²) in [6.45, 7) is -5.05. The van der Waals surface area contributed by atoms with E-state index in [-0.39, 0.29) is 0 Å². The van der Waals surface area contributed by atoms with Gasteiger partial charge in [0.1, 0.15) is 24.9 Å². The Labute approximate surface area is 74.3 Å². The Morgan fingerprint density at radius 1 is 1.42 bits per heavy atom.